The van der Waals surface area contributed by atoms with Crippen LogP contribution in [-0.4, -0.2) is 89.5 Å². The zero-order valence-electron chi connectivity index (χ0n) is 30.4. The summed E-state index contributed by atoms with van der Waals surface area (Å²) in [5.74, 6) is 0.367. The fraction of sp³-hybridized carbons (Fsp3) is 0.410. The lowest BCUT2D eigenvalue weighted by atomic mass is 10.0. The van der Waals surface area contributed by atoms with E-state index in [2.05, 4.69) is 49.5 Å². The van der Waals surface area contributed by atoms with Crippen LogP contribution >= 0.6 is 11.8 Å². The zero-order chi connectivity index (χ0) is 36.7. The van der Waals surface area contributed by atoms with Gasteiger partial charge in [0.25, 0.3) is 0 Å². The van der Waals surface area contributed by atoms with Crippen molar-refractivity contribution in [3.05, 3.63) is 102 Å². The third kappa shape index (κ3) is 14.8. The second-order valence-electron chi connectivity index (χ2n) is 11.6. The second-order valence-corrected chi connectivity index (χ2v) is 12.8. The Kier molecular flexibility index (Phi) is 19.6. The molecule has 0 aliphatic heterocycles. The first-order valence-electron chi connectivity index (χ1n) is 16.9. The fourth-order valence-corrected chi connectivity index (χ4v) is 4.64. The molecule has 0 bridgehead atoms. The molecule has 0 aliphatic carbocycles. The summed E-state index contributed by atoms with van der Waals surface area (Å²) in [5, 5.41) is 14.2. The van der Waals surface area contributed by atoms with Crippen molar-refractivity contribution in [2.75, 3.05) is 52.3 Å². The smallest absolute Gasteiger partial charge is 0.325 e. The summed E-state index contributed by atoms with van der Waals surface area (Å²) in [6.07, 6.45) is 8.25. The largest absolute Gasteiger partial charge is 0.468 e. The van der Waals surface area contributed by atoms with Crippen LogP contribution in [-0.2, 0) is 38.6 Å². The SMILES string of the molecule is CCCC.CCSC.COC(=O)CN(C)C(=O)CN(CCNC(=O)Cc1cncn1Cc1ccc(C#N)cc1)Cc1cccc2ccccc12. The third-order valence-corrected chi connectivity index (χ3v) is 8.34. The molecule has 4 aromatic rings. The lowest BCUT2D eigenvalue weighted by molar-refractivity contribution is -0.146. The first-order chi connectivity index (χ1) is 24.2. The first kappa shape index (κ1) is 41.5. The number of carbonyl (C=O) groups is 3. The maximum absolute atomic E-state index is 13.0. The van der Waals surface area contributed by atoms with Crippen LogP contribution < -0.4 is 5.32 Å². The van der Waals surface area contributed by atoms with Gasteiger partial charge in [0.1, 0.15) is 6.54 Å². The molecule has 1 aromatic heterocycles. The third-order valence-electron chi connectivity index (χ3n) is 7.77. The van der Waals surface area contributed by atoms with Crippen LogP contribution in [0.25, 0.3) is 10.8 Å². The molecule has 1 heterocycles. The molecule has 11 heteroatoms. The van der Waals surface area contributed by atoms with Crippen LogP contribution in [0, 0.1) is 11.3 Å². The van der Waals surface area contributed by atoms with Crippen molar-refractivity contribution in [2.24, 2.45) is 0 Å². The molecule has 268 valence electrons. The van der Waals surface area contributed by atoms with Gasteiger partial charge in [0.2, 0.25) is 11.8 Å². The number of methoxy groups -OCH3 is 1. The topological polar surface area (TPSA) is 121 Å². The van der Waals surface area contributed by atoms with Crippen molar-refractivity contribution in [1.82, 2.24) is 24.7 Å². The van der Waals surface area contributed by atoms with Gasteiger partial charge in [0.05, 0.1) is 38.0 Å². The summed E-state index contributed by atoms with van der Waals surface area (Å²) in [6, 6.07) is 23.5. The molecule has 0 spiro atoms. The second kappa shape index (κ2) is 23.7. The van der Waals surface area contributed by atoms with Gasteiger partial charge in [-0.15, -0.1) is 0 Å². The molecular formula is C39H52N6O4S. The molecular weight excluding hydrogens is 649 g/mol. The summed E-state index contributed by atoms with van der Waals surface area (Å²) in [5.41, 5.74) is 3.42. The van der Waals surface area contributed by atoms with E-state index >= 15 is 0 Å². The predicted octanol–water partition coefficient (Wildman–Crippen LogP) is 5.92. The van der Waals surface area contributed by atoms with Gasteiger partial charge >= 0.3 is 5.97 Å². The molecule has 0 fully saturated rings. The average molecular weight is 701 g/mol. The number of benzene rings is 3. The van der Waals surface area contributed by atoms with Crippen LogP contribution in [0.1, 0.15) is 56.0 Å². The number of ether oxygens (including phenoxy) is 1. The van der Waals surface area contributed by atoms with Gasteiger partial charge in [-0.25, -0.2) is 4.98 Å². The number of imidazole rings is 1. The molecule has 0 radical (unpaired) electrons. The van der Waals surface area contributed by atoms with E-state index in [1.165, 1.54) is 30.6 Å². The van der Waals surface area contributed by atoms with Gasteiger partial charge in [-0.05, 0) is 46.0 Å². The quantitative estimate of drug-likeness (QED) is 0.152. The summed E-state index contributed by atoms with van der Waals surface area (Å²) >= 11 is 1.86. The molecule has 10 nitrogen and oxygen atoms in total. The van der Waals surface area contributed by atoms with Gasteiger partial charge in [0.15, 0.2) is 0 Å². The molecule has 1 N–H and O–H groups in total. The van der Waals surface area contributed by atoms with Crippen LogP contribution in [0.15, 0.2) is 79.3 Å². The minimum absolute atomic E-state index is 0.0734. The lowest BCUT2D eigenvalue weighted by Crippen LogP contribution is -2.43. The van der Waals surface area contributed by atoms with E-state index in [0.29, 0.717) is 31.7 Å². The fourth-order valence-electron chi connectivity index (χ4n) is 4.64. The molecule has 0 atom stereocenters. The standard InChI is InChI=1S/C32H34N6O4.C4H10.C3H8S/c1-36(22-32(41)42-2)31(40)21-37(20-27-8-5-7-26-6-3-4-9-29(26)27)15-14-35-30(39)16-28-18-34-23-38(28)19-25-12-10-24(17-33)11-13-25;2*1-3-4-2/h3-13,18,23H,14-16,19-22H2,1-2H3,(H,35,39);3-4H2,1-2H3;3H2,1-2H3. The number of hydrogen-bond acceptors (Lipinski definition) is 8. The van der Waals surface area contributed by atoms with Crippen molar-refractivity contribution in [3.63, 3.8) is 0 Å². The Morgan fingerprint density at radius 3 is 2.30 bits per heavy atom. The predicted molar refractivity (Wildman–Crippen MR) is 203 cm³/mol. The molecule has 0 unspecified atom stereocenters. The number of carbonyl (C=O) groups excluding carboxylic acids is 3. The van der Waals surface area contributed by atoms with Crippen LogP contribution in [0.3, 0.4) is 0 Å². The highest BCUT2D eigenvalue weighted by atomic mass is 32.2. The molecule has 0 saturated carbocycles. The average Bonchev–Trinajstić information content (AvgIpc) is 3.57. The Balaban J connectivity index is 0.000000978. The van der Waals surface area contributed by atoms with E-state index in [4.69, 9.17) is 10.00 Å². The number of hydrogen-bond donors (Lipinski definition) is 1. The maximum Gasteiger partial charge on any atom is 0.325 e. The number of nitrogens with one attached hydrogen (secondary N) is 1. The van der Waals surface area contributed by atoms with Crippen molar-refractivity contribution >= 4 is 40.3 Å². The Hall–Kier alpha value is -4.66. The minimum atomic E-state index is -0.489. The van der Waals surface area contributed by atoms with Gasteiger partial charge in [-0.2, -0.15) is 17.0 Å². The summed E-state index contributed by atoms with van der Waals surface area (Å²) in [6.45, 7) is 8.23. The highest BCUT2D eigenvalue weighted by Crippen LogP contribution is 2.20. The first-order valence-corrected chi connectivity index (χ1v) is 18.3. The van der Waals surface area contributed by atoms with Crippen molar-refractivity contribution in [2.45, 2.75) is 53.1 Å². The number of esters is 1. The summed E-state index contributed by atoms with van der Waals surface area (Å²) in [4.78, 5) is 45.0. The van der Waals surface area contributed by atoms with E-state index < -0.39 is 5.97 Å². The maximum atomic E-state index is 13.0. The number of aromatic nitrogens is 2. The molecule has 3 aromatic carbocycles. The number of likely N-dealkylation sites (N-methyl/N-ethyl adjacent to an activating group) is 1. The highest BCUT2D eigenvalue weighted by molar-refractivity contribution is 7.98. The highest BCUT2D eigenvalue weighted by Gasteiger charge is 2.19. The number of nitriles is 1. The van der Waals surface area contributed by atoms with Crippen molar-refractivity contribution in [1.29, 1.82) is 5.26 Å². The summed E-state index contributed by atoms with van der Waals surface area (Å²) in [7, 11) is 2.86. The monoisotopic (exact) mass is 700 g/mol. The van der Waals surface area contributed by atoms with E-state index in [1.807, 2.05) is 69.8 Å². The van der Waals surface area contributed by atoms with E-state index in [1.54, 1.807) is 31.7 Å². The molecule has 2 amide bonds. The molecule has 0 aliphatic rings. The minimum Gasteiger partial charge on any atom is -0.468 e. The van der Waals surface area contributed by atoms with Crippen LogP contribution in [0.2, 0.25) is 0 Å². The summed E-state index contributed by atoms with van der Waals surface area (Å²) < 4.78 is 6.60. The van der Waals surface area contributed by atoms with Crippen molar-refractivity contribution in [3.8, 4) is 6.07 Å². The van der Waals surface area contributed by atoms with E-state index in [9.17, 15) is 14.4 Å². The Morgan fingerprint density at radius 1 is 0.980 bits per heavy atom. The number of thioether (sulfide) groups is 1. The Bertz CT molecular complexity index is 1640. The van der Waals surface area contributed by atoms with Crippen molar-refractivity contribution < 1.29 is 19.1 Å². The van der Waals surface area contributed by atoms with Crippen LogP contribution in [0.5, 0.6) is 0 Å². The molecule has 4 rings (SSSR count). The normalized spacial score (nSPS) is 10.3. The number of nitrogens with zero attached hydrogens (tertiary/aromatic N) is 5. The van der Waals surface area contributed by atoms with E-state index in [-0.39, 0.29) is 31.3 Å². The van der Waals surface area contributed by atoms with Gasteiger partial charge in [-0.1, -0.05) is 88.2 Å². The lowest BCUT2D eigenvalue weighted by Gasteiger charge is -2.25. The number of fused-ring (bicyclic) bond motifs is 1. The number of unbranched alkanes of at least 4 members (excludes halogenated alkanes) is 1. The van der Waals surface area contributed by atoms with Gasteiger partial charge in [-0.3, -0.25) is 19.3 Å². The van der Waals surface area contributed by atoms with Gasteiger partial charge < -0.3 is 19.5 Å². The van der Waals surface area contributed by atoms with E-state index in [0.717, 1.165) is 27.6 Å². The van der Waals surface area contributed by atoms with Crippen LogP contribution in [0.4, 0.5) is 0 Å². The van der Waals surface area contributed by atoms with Gasteiger partial charge in [0, 0.05) is 45.1 Å². The number of rotatable bonds is 15. The molecule has 50 heavy (non-hydrogen) atoms. The zero-order valence-corrected chi connectivity index (χ0v) is 31.2. The number of amides is 2. The molecule has 0 saturated heterocycles. The Morgan fingerprint density at radius 2 is 1.66 bits per heavy atom. The Labute approximate surface area is 301 Å².